The van der Waals surface area contributed by atoms with Crippen molar-refractivity contribution in [3.05, 3.63) is 48.0 Å². The molecule has 0 saturated heterocycles. The number of aromatic nitrogens is 2. The summed E-state index contributed by atoms with van der Waals surface area (Å²) >= 11 is 0. The zero-order chi connectivity index (χ0) is 17.4. The molecule has 1 aromatic heterocycles. The van der Waals surface area contributed by atoms with Crippen LogP contribution >= 0.6 is 0 Å². The van der Waals surface area contributed by atoms with Gasteiger partial charge in [0.25, 0.3) is 0 Å². The number of H-pyrrole nitrogens is 1. The fraction of sp³-hybridized carbons (Fsp3) is 0.444. The molecule has 0 spiro atoms. The largest absolute Gasteiger partial charge is 0.496 e. The average molecular weight is 330 g/mol. The lowest BCUT2D eigenvalue weighted by Crippen LogP contribution is -2.36. The smallest absolute Gasteiger partial charge is 0.223 e. The van der Waals surface area contributed by atoms with Gasteiger partial charge in [-0.15, -0.1) is 0 Å². The third-order valence-electron chi connectivity index (χ3n) is 3.89. The second-order valence-corrected chi connectivity index (χ2v) is 6.01. The molecule has 0 aliphatic rings. The van der Waals surface area contributed by atoms with Gasteiger partial charge in [0, 0.05) is 25.7 Å². The van der Waals surface area contributed by atoms with Crippen molar-refractivity contribution in [1.29, 1.82) is 0 Å². The summed E-state index contributed by atoms with van der Waals surface area (Å²) in [7, 11) is 5.67. The van der Waals surface area contributed by atoms with Crippen LogP contribution in [0.1, 0.15) is 17.7 Å². The number of likely N-dealkylation sites (N-methyl/N-ethyl adjacent to an activating group) is 1. The highest BCUT2D eigenvalue weighted by atomic mass is 16.5. The van der Waals surface area contributed by atoms with E-state index in [0.29, 0.717) is 25.9 Å². The van der Waals surface area contributed by atoms with E-state index in [0.717, 1.165) is 23.6 Å². The number of methoxy groups -OCH3 is 1. The number of para-hydroxylation sites is 1. The maximum Gasteiger partial charge on any atom is 0.223 e. The molecule has 6 nitrogen and oxygen atoms in total. The lowest BCUT2D eigenvalue weighted by atomic mass is 10.1. The Bertz CT molecular complexity index is 626. The number of nitrogens with zero attached hydrogens (tertiary/aromatic N) is 3. The number of imidazole rings is 1. The van der Waals surface area contributed by atoms with E-state index in [2.05, 4.69) is 14.9 Å². The van der Waals surface area contributed by atoms with Crippen molar-refractivity contribution >= 4 is 5.91 Å². The van der Waals surface area contributed by atoms with Crippen LogP contribution in [0.2, 0.25) is 0 Å². The molecule has 1 amide bonds. The monoisotopic (exact) mass is 330 g/mol. The van der Waals surface area contributed by atoms with E-state index in [1.807, 2.05) is 43.3 Å². The number of benzene rings is 1. The highest BCUT2D eigenvalue weighted by molar-refractivity contribution is 5.76. The zero-order valence-electron chi connectivity index (χ0n) is 14.7. The van der Waals surface area contributed by atoms with Crippen LogP contribution in [-0.2, 0) is 17.8 Å². The number of carbonyl (C=O) groups is 1. The van der Waals surface area contributed by atoms with Crippen molar-refractivity contribution in [3.8, 4) is 5.75 Å². The summed E-state index contributed by atoms with van der Waals surface area (Å²) in [5.41, 5.74) is 2.00. The Morgan fingerprint density at radius 3 is 2.71 bits per heavy atom. The summed E-state index contributed by atoms with van der Waals surface area (Å²) in [4.78, 5) is 23.7. The van der Waals surface area contributed by atoms with Crippen LogP contribution in [0.3, 0.4) is 0 Å². The van der Waals surface area contributed by atoms with E-state index < -0.39 is 0 Å². The third-order valence-corrected chi connectivity index (χ3v) is 3.89. The Labute approximate surface area is 143 Å². The second-order valence-electron chi connectivity index (χ2n) is 6.01. The predicted molar refractivity (Wildman–Crippen MR) is 93.9 cm³/mol. The number of aromatic amines is 1. The molecular formula is C18H26N4O2. The Hall–Kier alpha value is -2.34. The first-order chi connectivity index (χ1) is 11.6. The van der Waals surface area contributed by atoms with Crippen molar-refractivity contribution in [1.82, 2.24) is 19.8 Å². The molecule has 0 atom stereocenters. The quantitative estimate of drug-likeness (QED) is 0.763. The van der Waals surface area contributed by atoms with Crippen LogP contribution < -0.4 is 4.74 Å². The number of nitrogens with one attached hydrogen (secondary N) is 1. The standard InChI is InChI=1S/C18H26N4O2/c1-21(2)10-11-22(13-16-12-19-14-20-16)18(23)9-8-15-6-4-5-7-17(15)24-3/h4-7,12,14H,8-11,13H2,1-3H3,(H,19,20). The number of hydrogen-bond donors (Lipinski definition) is 1. The average Bonchev–Trinajstić information content (AvgIpc) is 3.09. The van der Waals surface area contributed by atoms with Gasteiger partial charge >= 0.3 is 0 Å². The molecule has 0 fully saturated rings. The maximum atomic E-state index is 12.7. The SMILES string of the molecule is COc1ccccc1CCC(=O)N(CCN(C)C)Cc1cnc[nH]1. The molecule has 1 aromatic carbocycles. The van der Waals surface area contributed by atoms with Gasteiger partial charge in [0.15, 0.2) is 0 Å². The minimum absolute atomic E-state index is 0.136. The van der Waals surface area contributed by atoms with Crippen molar-refractivity contribution in [2.24, 2.45) is 0 Å². The Kier molecular flexibility index (Phi) is 6.81. The van der Waals surface area contributed by atoms with Gasteiger partial charge in [0.1, 0.15) is 5.75 Å². The second kappa shape index (κ2) is 9.08. The summed E-state index contributed by atoms with van der Waals surface area (Å²) in [6.45, 7) is 2.07. The zero-order valence-corrected chi connectivity index (χ0v) is 14.7. The molecule has 0 aliphatic heterocycles. The normalized spacial score (nSPS) is 10.8. The topological polar surface area (TPSA) is 61.5 Å². The van der Waals surface area contributed by atoms with Gasteiger partial charge in [-0.05, 0) is 32.1 Å². The van der Waals surface area contributed by atoms with E-state index >= 15 is 0 Å². The summed E-state index contributed by atoms with van der Waals surface area (Å²) in [5, 5.41) is 0. The number of rotatable bonds is 9. The summed E-state index contributed by atoms with van der Waals surface area (Å²) in [6, 6.07) is 7.84. The van der Waals surface area contributed by atoms with Crippen LogP contribution in [0, 0.1) is 0 Å². The first kappa shape index (κ1) is 18.0. The van der Waals surface area contributed by atoms with Gasteiger partial charge in [-0.2, -0.15) is 0 Å². The summed E-state index contributed by atoms with van der Waals surface area (Å²) < 4.78 is 5.36. The molecule has 0 radical (unpaired) electrons. The minimum Gasteiger partial charge on any atom is -0.496 e. The third kappa shape index (κ3) is 5.38. The van der Waals surface area contributed by atoms with Crippen LogP contribution in [0.5, 0.6) is 5.75 Å². The molecular weight excluding hydrogens is 304 g/mol. The first-order valence-electron chi connectivity index (χ1n) is 8.11. The summed E-state index contributed by atoms with van der Waals surface area (Å²) in [6.07, 6.45) is 4.53. The maximum absolute atomic E-state index is 12.7. The molecule has 0 aliphatic carbocycles. The molecule has 0 unspecified atom stereocenters. The van der Waals surface area contributed by atoms with Crippen LogP contribution in [-0.4, -0.2) is 60.0 Å². The van der Waals surface area contributed by atoms with Gasteiger partial charge in [0.05, 0.1) is 25.7 Å². The van der Waals surface area contributed by atoms with E-state index in [1.165, 1.54) is 0 Å². The fourth-order valence-corrected chi connectivity index (χ4v) is 2.50. The molecule has 2 rings (SSSR count). The van der Waals surface area contributed by atoms with E-state index in [9.17, 15) is 4.79 Å². The van der Waals surface area contributed by atoms with Crippen molar-refractivity contribution in [2.75, 3.05) is 34.3 Å². The molecule has 24 heavy (non-hydrogen) atoms. The first-order valence-corrected chi connectivity index (χ1v) is 8.11. The summed E-state index contributed by atoms with van der Waals surface area (Å²) in [5.74, 6) is 0.969. The van der Waals surface area contributed by atoms with Crippen LogP contribution in [0.4, 0.5) is 0 Å². The van der Waals surface area contributed by atoms with Gasteiger partial charge in [-0.1, -0.05) is 18.2 Å². The molecule has 130 valence electrons. The minimum atomic E-state index is 0.136. The van der Waals surface area contributed by atoms with Crippen molar-refractivity contribution in [2.45, 2.75) is 19.4 Å². The van der Waals surface area contributed by atoms with E-state index in [-0.39, 0.29) is 5.91 Å². The number of amides is 1. The molecule has 2 aromatic rings. The highest BCUT2D eigenvalue weighted by Gasteiger charge is 2.15. The Balaban J connectivity index is 1.98. The Morgan fingerprint density at radius 1 is 1.25 bits per heavy atom. The van der Waals surface area contributed by atoms with E-state index in [1.54, 1.807) is 19.6 Å². The van der Waals surface area contributed by atoms with Crippen LogP contribution in [0.25, 0.3) is 0 Å². The molecule has 1 heterocycles. The van der Waals surface area contributed by atoms with Gasteiger partial charge in [0.2, 0.25) is 5.91 Å². The lowest BCUT2D eigenvalue weighted by molar-refractivity contribution is -0.132. The number of hydrogen-bond acceptors (Lipinski definition) is 4. The number of aryl methyl sites for hydroxylation is 1. The number of carbonyl (C=O) groups excluding carboxylic acids is 1. The fourth-order valence-electron chi connectivity index (χ4n) is 2.50. The molecule has 0 bridgehead atoms. The van der Waals surface area contributed by atoms with Gasteiger partial charge in [-0.25, -0.2) is 4.98 Å². The van der Waals surface area contributed by atoms with Crippen molar-refractivity contribution in [3.63, 3.8) is 0 Å². The van der Waals surface area contributed by atoms with E-state index in [4.69, 9.17) is 4.74 Å². The number of ether oxygens (including phenoxy) is 1. The molecule has 1 N–H and O–H groups in total. The predicted octanol–water partition coefficient (Wildman–Crippen LogP) is 1.94. The molecule has 6 heteroatoms. The van der Waals surface area contributed by atoms with Gasteiger partial charge in [-0.3, -0.25) is 4.79 Å². The highest BCUT2D eigenvalue weighted by Crippen LogP contribution is 2.19. The molecule has 0 saturated carbocycles. The van der Waals surface area contributed by atoms with Gasteiger partial charge < -0.3 is 19.5 Å². The van der Waals surface area contributed by atoms with Crippen LogP contribution in [0.15, 0.2) is 36.8 Å². The lowest BCUT2D eigenvalue weighted by Gasteiger charge is -2.24. The van der Waals surface area contributed by atoms with Crippen molar-refractivity contribution < 1.29 is 9.53 Å². The Morgan fingerprint density at radius 2 is 2.04 bits per heavy atom.